The van der Waals surface area contributed by atoms with Crippen LogP contribution in [0.3, 0.4) is 0 Å². The standard InChI is InChI=1S/C28H38N4O5S2/c1-4-6-15-31(5-2)39(34,35)24-11-8-22(9-12-24)27(33)32(16-7-14-30-17-19-37-20-18-30)28-29-25-13-10-23(36-3)21-26(25)38-28/h8-13,21H,4-7,14-20H2,1-3H3. The van der Waals surface area contributed by atoms with Crippen LogP contribution in [0.5, 0.6) is 5.75 Å². The van der Waals surface area contributed by atoms with Crippen molar-refractivity contribution in [2.75, 3.05) is 64.5 Å². The molecule has 1 amide bonds. The average Bonchev–Trinajstić information content (AvgIpc) is 3.39. The predicted molar refractivity (Wildman–Crippen MR) is 156 cm³/mol. The van der Waals surface area contributed by atoms with E-state index in [-0.39, 0.29) is 10.8 Å². The molecule has 0 N–H and O–H groups in total. The molecular weight excluding hydrogens is 536 g/mol. The van der Waals surface area contributed by atoms with Gasteiger partial charge in [-0.2, -0.15) is 4.31 Å². The molecule has 3 aromatic rings. The predicted octanol–water partition coefficient (Wildman–Crippen LogP) is 4.48. The second kappa shape index (κ2) is 13.7. The summed E-state index contributed by atoms with van der Waals surface area (Å²) in [7, 11) is -2.00. The molecular formula is C28H38N4O5S2. The zero-order valence-corrected chi connectivity index (χ0v) is 24.6. The monoisotopic (exact) mass is 574 g/mol. The van der Waals surface area contributed by atoms with Crippen molar-refractivity contribution in [3.8, 4) is 5.75 Å². The van der Waals surface area contributed by atoms with Gasteiger partial charge in [0.2, 0.25) is 10.0 Å². The van der Waals surface area contributed by atoms with E-state index in [1.807, 2.05) is 32.0 Å². The van der Waals surface area contributed by atoms with Gasteiger partial charge in [0.05, 0.1) is 35.4 Å². The van der Waals surface area contributed by atoms with E-state index in [0.29, 0.717) is 30.3 Å². The Hall–Kier alpha value is -2.57. The number of anilines is 1. The summed E-state index contributed by atoms with van der Waals surface area (Å²) >= 11 is 1.44. The lowest BCUT2D eigenvalue weighted by atomic mass is 10.2. The first-order valence-corrected chi connectivity index (χ1v) is 15.8. The van der Waals surface area contributed by atoms with Gasteiger partial charge in [-0.25, -0.2) is 13.4 Å². The molecule has 0 radical (unpaired) electrons. The number of hydrogen-bond acceptors (Lipinski definition) is 8. The number of thiazole rings is 1. The highest BCUT2D eigenvalue weighted by atomic mass is 32.2. The summed E-state index contributed by atoms with van der Waals surface area (Å²) < 4.78 is 39.5. The summed E-state index contributed by atoms with van der Waals surface area (Å²) in [6.07, 6.45) is 2.50. The molecule has 1 fully saturated rings. The number of aromatic nitrogens is 1. The molecule has 0 atom stereocenters. The topological polar surface area (TPSA) is 92.3 Å². The summed E-state index contributed by atoms with van der Waals surface area (Å²) in [5.74, 6) is 0.532. The number of ether oxygens (including phenoxy) is 2. The van der Waals surface area contributed by atoms with Gasteiger partial charge in [0, 0.05) is 44.8 Å². The first kappa shape index (κ1) is 29.4. The summed E-state index contributed by atoms with van der Waals surface area (Å²) in [6.45, 7) is 9.34. The van der Waals surface area contributed by atoms with Crippen LogP contribution in [0.4, 0.5) is 5.13 Å². The van der Waals surface area contributed by atoms with E-state index in [4.69, 9.17) is 14.5 Å². The molecule has 1 aromatic heterocycles. The van der Waals surface area contributed by atoms with Crippen molar-refractivity contribution in [1.29, 1.82) is 0 Å². The summed E-state index contributed by atoms with van der Waals surface area (Å²) in [5, 5.41) is 0.610. The Labute approximate surface area is 235 Å². The lowest BCUT2D eigenvalue weighted by molar-refractivity contribution is 0.0376. The van der Waals surface area contributed by atoms with Crippen LogP contribution in [0.2, 0.25) is 0 Å². The molecule has 0 bridgehead atoms. The first-order valence-electron chi connectivity index (χ1n) is 13.5. The van der Waals surface area contributed by atoms with Crippen LogP contribution in [0.1, 0.15) is 43.5 Å². The average molecular weight is 575 g/mol. The van der Waals surface area contributed by atoms with Crippen LogP contribution < -0.4 is 9.64 Å². The number of morpholine rings is 1. The molecule has 11 heteroatoms. The number of hydrogen-bond donors (Lipinski definition) is 0. The molecule has 0 saturated carbocycles. The molecule has 0 unspecified atom stereocenters. The number of benzene rings is 2. The highest BCUT2D eigenvalue weighted by Gasteiger charge is 2.25. The van der Waals surface area contributed by atoms with Crippen molar-refractivity contribution in [3.63, 3.8) is 0 Å². The quantitative estimate of drug-likeness (QED) is 0.297. The van der Waals surface area contributed by atoms with Gasteiger partial charge < -0.3 is 9.47 Å². The van der Waals surface area contributed by atoms with Crippen molar-refractivity contribution >= 4 is 42.6 Å². The van der Waals surface area contributed by atoms with E-state index in [9.17, 15) is 13.2 Å². The molecule has 1 saturated heterocycles. The third-order valence-electron chi connectivity index (χ3n) is 6.87. The molecule has 1 aliphatic rings. The van der Waals surface area contributed by atoms with Crippen molar-refractivity contribution in [2.45, 2.75) is 38.0 Å². The SMILES string of the molecule is CCCCN(CC)S(=O)(=O)c1ccc(C(=O)N(CCCN2CCOCC2)c2nc3ccc(OC)cc3s2)cc1. The minimum Gasteiger partial charge on any atom is -0.497 e. The zero-order valence-electron chi connectivity index (χ0n) is 23.0. The molecule has 2 heterocycles. The molecule has 2 aromatic carbocycles. The van der Waals surface area contributed by atoms with Crippen molar-refractivity contribution in [1.82, 2.24) is 14.2 Å². The summed E-state index contributed by atoms with van der Waals surface area (Å²) in [5.41, 5.74) is 1.23. The number of nitrogens with zero attached hydrogens (tertiary/aromatic N) is 4. The lowest BCUT2D eigenvalue weighted by Crippen LogP contribution is -2.39. The highest BCUT2D eigenvalue weighted by molar-refractivity contribution is 7.89. The Morgan fingerprint density at radius 3 is 2.49 bits per heavy atom. The Morgan fingerprint density at radius 2 is 1.82 bits per heavy atom. The maximum absolute atomic E-state index is 13.8. The van der Waals surface area contributed by atoms with Crippen molar-refractivity contribution in [3.05, 3.63) is 48.0 Å². The van der Waals surface area contributed by atoms with Crippen LogP contribution in [0.25, 0.3) is 10.2 Å². The Morgan fingerprint density at radius 1 is 1.08 bits per heavy atom. The van der Waals surface area contributed by atoms with Gasteiger partial charge in [-0.15, -0.1) is 0 Å². The van der Waals surface area contributed by atoms with Gasteiger partial charge >= 0.3 is 0 Å². The number of amides is 1. The van der Waals surface area contributed by atoms with E-state index in [1.165, 1.54) is 27.8 Å². The van der Waals surface area contributed by atoms with Gasteiger partial charge in [-0.3, -0.25) is 14.6 Å². The van der Waals surface area contributed by atoms with Gasteiger partial charge in [-0.1, -0.05) is 31.6 Å². The number of carbonyl (C=O) groups excluding carboxylic acids is 1. The third kappa shape index (κ3) is 7.15. The Balaban J connectivity index is 1.57. The molecule has 1 aliphatic heterocycles. The number of fused-ring (bicyclic) bond motifs is 1. The summed E-state index contributed by atoms with van der Waals surface area (Å²) in [4.78, 5) is 22.8. The fourth-order valence-corrected chi connectivity index (χ4v) is 7.06. The van der Waals surface area contributed by atoms with Gasteiger partial charge in [0.15, 0.2) is 5.13 Å². The van der Waals surface area contributed by atoms with E-state index in [0.717, 1.165) is 68.1 Å². The van der Waals surface area contributed by atoms with E-state index in [1.54, 1.807) is 24.1 Å². The fourth-order valence-electron chi connectivity index (χ4n) is 4.55. The highest BCUT2D eigenvalue weighted by Crippen LogP contribution is 2.32. The van der Waals surface area contributed by atoms with Crippen LogP contribution in [-0.4, -0.2) is 88.1 Å². The number of sulfonamides is 1. The first-order chi connectivity index (χ1) is 18.9. The van der Waals surface area contributed by atoms with E-state index < -0.39 is 10.0 Å². The van der Waals surface area contributed by atoms with Gasteiger partial charge in [0.25, 0.3) is 5.91 Å². The van der Waals surface area contributed by atoms with Crippen LogP contribution in [0, 0.1) is 0 Å². The van der Waals surface area contributed by atoms with Crippen LogP contribution in [0.15, 0.2) is 47.4 Å². The molecule has 4 rings (SSSR count). The Bertz CT molecular complexity index is 1340. The largest absolute Gasteiger partial charge is 0.497 e. The third-order valence-corrected chi connectivity index (χ3v) is 9.90. The maximum Gasteiger partial charge on any atom is 0.260 e. The van der Waals surface area contributed by atoms with Crippen molar-refractivity contribution in [2.24, 2.45) is 0 Å². The van der Waals surface area contributed by atoms with E-state index in [2.05, 4.69) is 4.90 Å². The number of methoxy groups -OCH3 is 1. The fraction of sp³-hybridized carbons (Fsp3) is 0.500. The molecule has 9 nitrogen and oxygen atoms in total. The molecule has 0 aliphatic carbocycles. The molecule has 39 heavy (non-hydrogen) atoms. The molecule has 212 valence electrons. The lowest BCUT2D eigenvalue weighted by Gasteiger charge is -2.27. The normalized spacial score (nSPS) is 14.7. The van der Waals surface area contributed by atoms with Crippen molar-refractivity contribution < 1.29 is 22.7 Å². The smallest absolute Gasteiger partial charge is 0.260 e. The summed E-state index contributed by atoms with van der Waals surface area (Å²) in [6, 6.07) is 11.9. The van der Waals surface area contributed by atoms with Gasteiger partial charge in [-0.05, 0) is 55.3 Å². The minimum atomic E-state index is -3.62. The number of unbranched alkanes of at least 4 members (excludes halogenated alkanes) is 1. The van der Waals surface area contributed by atoms with Crippen LogP contribution in [-0.2, 0) is 14.8 Å². The number of carbonyl (C=O) groups is 1. The second-order valence-corrected chi connectivity index (χ2v) is 12.4. The Kier molecular flexibility index (Phi) is 10.3. The number of rotatable bonds is 13. The second-order valence-electron chi connectivity index (χ2n) is 9.47. The zero-order chi connectivity index (χ0) is 27.8. The maximum atomic E-state index is 13.8. The van der Waals surface area contributed by atoms with E-state index >= 15 is 0 Å². The molecule has 0 spiro atoms. The van der Waals surface area contributed by atoms with Crippen LogP contribution >= 0.6 is 11.3 Å². The minimum absolute atomic E-state index is 0.197. The van der Waals surface area contributed by atoms with Gasteiger partial charge in [0.1, 0.15) is 5.75 Å².